The van der Waals surface area contributed by atoms with Crippen LogP contribution in [0.4, 0.5) is 0 Å². The minimum atomic E-state index is 0.0367. The molecule has 0 spiro atoms. The molecule has 2 aromatic rings. The van der Waals surface area contributed by atoms with E-state index in [2.05, 4.69) is 55.5 Å². The van der Waals surface area contributed by atoms with Crippen molar-refractivity contribution in [1.29, 1.82) is 0 Å². The molecule has 2 heteroatoms. The molecule has 0 N–H and O–H groups in total. The zero-order chi connectivity index (χ0) is 16.3. The molecule has 1 aliphatic carbocycles. The molecule has 0 saturated heterocycles. The SMILES string of the molecule is COc1ccc(C(C)(c2ccc(OC)cc2)C2CCCC2)cc1. The Hall–Kier alpha value is -1.96. The molecule has 1 saturated carbocycles. The van der Waals surface area contributed by atoms with E-state index in [0.29, 0.717) is 5.92 Å². The lowest BCUT2D eigenvalue weighted by Crippen LogP contribution is -2.32. The van der Waals surface area contributed by atoms with Gasteiger partial charge in [-0.3, -0.25) is 0 Å². The van der Waals surface area contributed by atoms with Crippen LogP contribution in [0.15, 0.2) is 48.5 Å². The highest BCUT2D eigenvalue weighted by atomic mass is 16.5. The molecule has 0 aliphatic heterocycles. The zero-order valence-electron chi connectivity index (χ0n) is 14.3. The van der Waals surface area contributed by atoms with E-state index in [1.165, 1.54) is 36.8 Å². The molecule has 1 aliphatic rings. The standard InChI is InChI=1S/C21H26O2/c1-21(16-6-4-5-7-16,17-8-12-19(22-2)13-9-17)18-10-14-20(23-3)15-11-18/h8-16H,4-7H2,1-3H3. The minimum Gasteiger partial charge on any atom is -0.497 e. The third kappa shape index (κ3) is 2.95. The van der Waals surface area contributed by atoms with Gasteiger partial charge >= 0.3 is 0 Å². The van der Waals surface area contributed by atoms with Gasteiger partial charge in [-0.15, -0.1) is 0 Å². The van der Waals surface area contributed by atoms with Crippen LogP contribution in [0.3, 0.4) is 0 Å². The molecule has 0 radical (unpaired) electrons. The quantitative estimate of drug-likeness (QED) is 0.755. The average molecular weight is 310 g/mol. The molecule has 0 heterocycles. The van der Waals surface area contributed by atoms with Crippen molar-refractivity contribution >= 4 is 0 Å². The van der Waals surface area contributed by atoms with Gasteiger partial charge in [0.25, 0.3) is 0 Å². The van der Waals surface area contributed by atoms with Gasteiger partial charge in [0.15, 0.2) is 0 Å². The summed E-state index contributed by atoms with van der Waals surface area (Å²) in [5, 5.41) is 0. The van der Waals surface area contributed by atoms with Gasteiger partial charge in [0.1, 0.15) is 11.5 Å². The van der Waals surface area contributed by atoms with Gasteiger partial charge in [-0.25, -0.2) is 0 Å². The van der Waals surface area contributed by atoms with Crippen molar-refractivity contribution < 1.29 is 9.47 Å². The maximum atomic E-state index is 5.33. The second-order valence-corrected chi connectivity index (χ2v) is 6.64. The van der Waals surface area contributed by atoms with Crippen LogP contribution in [0, 0.1) is 5.92 Å². The summed E-state index contributed by atoms with van der Waals surface area (Å²) in [6, 6.07) is 17.2. The van der Waals surface area contributed by atoms with Crippen LogP contribution in [0.5, 0.6) is 11.5 Å². The number of hydrogen-bond acceptors (Lipinski definition) is 2. The fourth-order valence-corrected chi connectivity index (χ4v) is 4.02. The highest BCUT2D eigenvalue weighted by Gasteiger charge is 2.38. The molecule has 122 valence electrons. The molecular weight excluding hydrogens is 284 g/mol. The summed E-state index contributed by atoms with van der Waals surface area (Å²) < 4.78 is 10.7. The number of rotatable bonds is 5. The topological polar surface area (TPSA) is 18.5 Å². The molecule has 23 heavy (non-hydrogen) atoms. The average Bonchev–Trinajstić information content (AvgIpc) is 3.16. The molecule has 0 unspecified atom stereocenters. The number of methoxy groups -OCH3 is 2. The van der Waals surface area contributed by atoms with Gasteiger partial charge < -0.3 is 9.47 Å². The van der Waals surface area contributed by atoms with E-state index in [0.717, 1.165) is 11.5 Å². The lowest BCUT2D eigenvalue weighted by Gasteiger charge is -2.37. The van der Waals surface area contributed by atoms with Crippen molar-refractivity contribution in [1.82, 2.24) is 0 Å². The fourth-order valence-electron chi connectivity index (χ4n) is 4.02. The Kier molecular flexibility index (Phi) is 4.61. The van der Waals surface area contributed by atoms with E-state index < -0.39 is 0 Å². The van der Waals surface area contributed by atoms with Crippen LogP contribution >= 0.6 is 0 Å². The first-order chi connectivity index (χ1) is 11.2. The Morgan fingerprint density at radius 3 is 1.48 bits per heavy atom. The van der Waals surface area contributed by atoms with Gasteiger partial charge in [0.05, 0.1) is 14.2 Å². The van der Waals surface area contributed by atoms with E-state index in [1.807, 2.05) is 0 Å². The summed E-state index contributed by atoms with van der Waals surface area (Å²) in [6.45, 7) is 2.40. The Bertz CT molecular complexity index is 574. The number of ether oxygens (including phenoxy) is 2. The predicted molar refractivity (Wildman–Crippen MR) is 94.4 cm³/mol. The molecule has 0 aromatic heterocycles. The molecule has 2 nitrogen and oxygen atoms in total. The highest BCUT2D eigenvalue weighted by Crippen LogP contribution is 2.47. The van der Waals surface area contributed by atoms with E-state index in [-0.39, 0.29) is 5.41 Å². The Labute approximate surface area is 139 Å². The van der Waals surface area contributed by atoms with Crippen molar-refractivity contribution in [2.45, 2.75) is 38.0 Å². The highest BCUT2D eigenvalue weighted by molar-refractivity contribution is 5.43. The molecular formula is C21H26O2. The monoisotopic (exact) mass is 310 g/mol. The fraction of sp³-hybridized carbons (Fsp3) is 0.429. The third-order valence-corrected chi connectivity index (χ3v) is 5.55. The van der Waals surface area contributed by atoms with E-state index in [9.17, 15) is 0 Å². The number of hydrogen-bond donors (Lipinski definition) is 0. The van der Waals surface area contributed by atoms with Crippen LogP contribution in [-0.4, -0.2) is 14.2 Å². The molecule has 2 aromatic carbocycles. The largest absolute Gasteiger partial charge is 0.497 e. The van der Waals surface area contributed by atoms with Crippen molar-refractivity contribution in [3.05, 3.63) is 59.7 Å². The Morgan fingerprint density at radius 1 is 0.739 bits per heavy atom. The van der Waals surface area contributed by atoms with Gasteiger partial charge in [0, 0.05) is 5.41 Å². The van der Waals surface area contributed by atoms with Crippen molar-refractivity contribution in [3.63, 3.8) is 0 Å². The van der Waals surface area contributed by atoms with E-state index in [1.54, 1.807) is 14.2 Å². The third-order valence-electron chi connectivity index (χ3n) is 5.55. The summed E-state index contributed by atoms with van der Waals surface area (Å²) in [5.41, 5.74) is 2.78. The summed E-state index contributed by atoms with van der Waals surface area (Å²) in [7, 11) is 3.43. The van der Waals surface area contributed by atoms with Gasteiger partial charge in [-0.1, -0.05) is 44.0 Å². The smallest absolute Gasteiger partial charge is 0.118 e. The van der Waals surface area contributed by atoms with Crippen molar-refractivity contribution in [3.8, 4) is 11.5 Å². The maximum Gasteiger partial charge on any atom is 0.118 e. The normalized spacial score (nSPS) is 15.6. The lowest BCUT2D eigenvalue weighted by molar-refractivity contribution is 0.352. The second kappa shape index (κ2) is 6.66. The maximum absolute atomic E-state index is 5.33. The van der Waals surface area contributed by atoms with Crippen LogP contribution in [0.25, 0.3) is 0 Å². The summed E-state index contributed by atoms with van der Waals surface area (Å²) in [5.74, 6) is 2.51. The number of benzene rings is 2. The minimum absolute atomic E-state index is 0.0367. The van der Waals surface area contributed by atoms with E-state index >= 15 is 0 Å². The van der Waals surface area contributed by atoms with Crippen LogP contribution in [-0.2, 0) is 5.41 Å². The first kappa shape index (κ1) is 15.9. The van der Waals surface area contributed by atoms with Crippen molar-refractivity contribution in [2.24, 2.45) is 5.92 Å². The molecule has 0 amide bonds. The first-order valence-corrected chi connectivity index (χ1v) is 8.47. The summed E-state index contributed by atoms with van der Waals surface area (Å²) in [4.78, 5) is 0. The van der Waals surface area contributed by atoms with Gasteiger partial charge in [-0.05, 0) is 54.2 Å². The lowest BCUT2D eigenvalue weighted by atomic mass is 9.66. The van der Waals surface area contributed by atoms with Crippen LogP contribution in [0.2, 0.25) is 0 Å². The molecule has 3 rings (SSSR count). The Balaban J connectivity index is 2.04. The van der Waals surface area contributed by atoms with Gasteiger partial charge in [-0.2, -0.15) is 0 Å². The Morgan fingerprint density at radius 2 is 1.13 bits per heavy atom. The summed E-state index contributed by atoms with van der Waals surface area (Å²) in [6.07, 6.45) is 5.28. The second-order valence-electron chi connectivity index (χ2n) is 6.64. The zero-order valence-corrected chi connectivity index (χ0v) is 14.3. The van der Waals surface area contributed by atoms with E-state index in [4.69, 9.17) is 9.47 Å². The molecule has 1 fully saturated rings. The van der Waals surface area contributed by atoms with Gasteiger partial charge in [0.2, 0.25) is 0 Å². The predicted octanol–water partition coefficient (Wildman–Crippen LogP) is 5.20. The summed E-state index contributed by atoms with van der Waals surface area (Å²) >= 11 is 0. The van der Waals surface area contributed by atoms with Crippen LogP contribution in [0.1, 0.15) is 43.7 Å². The molecule has 0 atom stereocenters. The van der Waals surface area contributed by atoms with Crippen molar-refractivity contribution in [2.75, 3.05) is 14.2 Å². The molecule has 0 bridgehead atoms. The first-order valence-electron chi connectivity index (χ1n) is 8.47. The van der Waals surface area contributed by atoms with Crippen LogP contribution < -0.4 is 9.47 Å².